The number of nitrogens with one attached hydrogen (secondary N) is 2. The van der Waals surface area contributed by atoms with Crippen molar-refractivity contribution in [2.24, 2.45) is 5.10 Å². The van der Waals surface area contributed by atoms with Crippen molar-refractivity contribution in [2.45, 2.75) is 19.8 Å². The van der Waals surface area contributed by atoms with E-state index in [1.807, 2.05) is 31.2 Å². The van der Waals surface area contributed by atoms with Gasteiger partial charge in [0.15, 0.2) is 0 Å². The highest BCUT2D eigenvalue weighted by Gasteiger charge is 2.07. The Balaban J connectivity index is 1.74. The minimum atomic E-state index is -0.344. The molecule has 7 heteroatoms. The van der Waals surface area contributed by atoms with Gasteiger partial charge in [0.2, 0.25) is 11.8 Å². The van der Waals surface area contributed by atoms with Crippen LogP contribution in [0.5, 0.6) is 5.75 Å². The number of anilines is 1. The molecule has 2 aromatic carbocycles. The summed E-state index contributed by atoms with van der Waals surface area (Å²) in [6, 6.07) is 14.2. The zero-order valence-corrected chi connectivity index (χ0v) is 15.1. The Hall–Kier alpha value is -2.86. The smallest absolute Gasteiger partial charge is 0.240 e. The summed E-state index contributed by atoms with van der Waals surface area (Å²) < 4.78 is 5.39. The van der Waals surface area contributed by atoms with Gasteiger partial charge in [0.25, 0.3) is 0 Å². The first-order valence-electron chi connectivity index (χ1n) is 8.17. The molecule has 0 aliphatic rings. The Morgan fingerprint density at radius 3 is 2.65 bits per heavy atom. The van der Waals surface area contributed by atoms with Gasteiger partial charge in [-0.3, -0.25) is 9.59 Å². The summed E-state index contributed by atoms with van der Waals surface area (Å²) in [5.41, 5.74) is 3.79. The number of nitrogens with zero attached hydrogens (tertiary/aromatic N) is 1. The molecule has 0 spiro atoms. The zero-order valence-electron chi connectivity index (χ0n) is 14.4. The molecule has 0 bridgehead atoms. The molecule has 0 fully saturated rings. The van der Waals surface area contributed by atoms with E-state index in [1.165, 1.54) is 6.21 Å². The van der Waals surface area contributed by atoms with Crippen molar-refractivity contribution in [3.63, 3.8) is 0 Å². The first-order valence-corrected chi connectivity index (χ1v) is 8.55. The quantitative estimate of drug-likeness (QED) is 0.548. The van der Waals surface area contributed by atoms with E-state index in [2.05, 4.69) is 15.8 Å². The molecule has 2 amide bonds. The summed E-state index contributed by atoms with van der Waals surface area (Å²) in [6.45, 7) is 2.48. The van der Waals surface area contributed by atoms with Crippen molar-refractivity contribution >= 4 is 35.3 Å². The van der Waals surface area contributed by atoms with Crippen LogP contribution in [0.25, 0.3) is 0 Å². The van der Waals surface area contributed by atoms with Gasteiger partial charge < -0.3 is 10.1 Å². The number of benzene rings is 2. The predicted octanol–water partition coefficient (Wildman–Crippen LogP) is 3.61. The van der Waals surface area contributed by atoms with Crippen LogP contribution in [0.15, 0.2) is 53.6 Å². The summed E-state index contributed by atoms with van der Waals surface area (Å²) in [5.74, 6) is 0.125. The van der Waals surface area contributed by atoms with E-state index >= 15 is 0 Å². The van der Waals surface area contributed by atoms with Crippen LogP contribution in [0, 0.1) is 0 Å². The van der Waals surface area contributed by atoms with Crippen LogP contribution in [0.4, 0.5) is 5.69 Å². The number of hydrogen-bond acceptors (Lipinski definition) is 4. The van der Waals surface area contributed by atoms with Gasteiger partial charge in [0.1, 0.15) is 5.75 Å². The third-order valence-electron chi connectivity index (χ3n) is 3.26. The van der Waals surface area contributed by atoms with E-state index < -0.39 is 0 Å². The van der Waals surface area contributed by atoms with E-state index in [-0.39, 0.29) is 24.7 Å². The second-order valence-electron chi connectivity index (χ2n) is 5.36. The molecule has 2 aromatic rings. The number of ether oxygens (including phenoxy) is 1. The molecule has 0 aliphatic carbocycles. The summed E-state index contributed by atoms with van der Waals surface area (Å²) in [6.07, 6.45) is 1.60. The van der Waals surface area contributed by atoms with E-state index in [9.17, 15) is 9.59 Å². The number of carbonyl (C=O) groups is 2. The minimum Gasteiger partial charge on any atom is -0.494 e. The molecule has 0 saturated heterocycles. The van der Waals surface area contributed by atoms with Gasteiger partial charge in [-0.2, -0.15) is 5.10 Å². The van der Waals surface area contributed by atoms with Crippen molar-refractivity contribution in [3.05, 3.63) is 59.1 Å². The van der Waals surface area contributed by atoms with Gasteiger partial charge in [0, 0.05) is 23.6 Å². The average Bonchev–Trinajstić information content (AvgIpc) is 2.61. The molecule has 6 nitrogen and oxygen atoms in total. The number of hydrazone groups is 1. The fourth-order valence-corrected chi connectivity index (χ4v) is 2.29. The summed E-state index contributed by atoms with van der Waals surface area (Å²) in [4.78, 5) is 23.6. The van der Waals surface area contributed by atoms with E-state index in [0.717, 1.165) is 11.3 Å². The maximum Gasteiger partial charge on any atom is 0.240 e. The number of hydrogen-bond donors (Lipinski definition) is 2. The third-order valence-corrected chi connectivity index (χ3v) is 3.49. The van der Waals surface area contributed by atoms with Crippen molar-refractivity contribution in [1.82, 2.24) is 5.43 Å². The Morgan fingerprint density at radius 2 is 1.88 bits per heavy atom. The Kier molecular flexibility index (Phi) is 7.64. The van der Waals surface area contributed by atoms with Crippen LogP contribution < -0.4 is 15.5 Å². The summed E-state index contributed by atoms with van der Waals surface area (Å²) in [5, 5.41) is 7.10. The monoisotopic (exact) mass is 373 g/mol. The largest absolute Gasteiger partial charge is 0.494 e. The molecule has 0 atom stereocenters. The highest BCUT2D eigenvalue weighted by molar-refractivity contribution is 6.30. The number of carbonyl (C=O) groups excluding carboxylic acids is 2. The number of amides is 2. The molecule has 0 heterocycles. The van der Waals surface area contributed by atoms with Crippen LogP contribution in [0.1, 0.15) is 25.3 Å². The predicted molar refractivity (Wildman–Crippen MR) is 103 cm³/mol. The van der Waals surface area contributed by atoms with Gasteiger partial charge >= 0.3 is 0 Å². The first kappa shape index (κ1) is 19.5. The molecule has 136 valence electrons. The lowest BCUT2D eigenvalue weighted by Crippen LogP contribution is -2.20. The van der Waals surface area contributed by atoms with Gasteiger partial charge in [-0.05, 0) is 42.8 Å². The fraction of sp³-hybridized carbons (Fsp3) is 0.211. The average molecular weight is 374 g/mol. The summed E-state index contributed by atoms with van der Waals surface area (Å²) >= 11 is 5.85. The van der Waals surface area contributed by atoms with Gasteiger partial charge in [-0.1, -0.05) is 29.8 Å². The standard InChI is InChI=1S/C19H20ClN3O3/c1-2-26-17-8-3-5-14(11-17)13-21-23-19(25)10-9-18(24)22-16-7-4-6-15(20)12-16/h3-8,11-13H,2,9-10H2,1H3,(H,22,24)(H,23,25). The minimum absolute atomic E-state index is 0.0305. The van der Waals surface area contributed by atoms with Gasteiger partial charge in [0.05, 0.1) is 12.8 Å². The lowest BCUT2D eigenvalue weighted by atomic mass is 10.2. The van der Waals surface area contributed by atoms with Crippen LogP contribution in [-0.2, 0) is 9.59 Å². The molecule has 2 N–H and O–H groups in total. The van der Waals surface area contributed by atoms with Crippen molar-refractivity contribution < 1.29 is 14.3 Å². The molecule has 0 radical (unpaired) electrons. The first-order chi connectivity index (χ1) is 12.6. The van der Waals surface area contributed by atoms with E-state index in [1.54, 1.807) is 24.3 Å². The highest BCUT2D eigenvalue weighted by Crippen LogP contribution is 2.15. The molecule has 2 rings (SSSR count). The maximum absolute atomic E-state index is 11.8. The van der Waals surface area contributed by atoms with Crippen molar-refractivity contribution in [3.8, 4) is 5.75 Å². The zero-order chi connectivity index (χ0) is 18.8. The van der Waals surface area contributed by atoms with Crippen LogP contribution in [-0.4, -0.2) is 24.6 Å². The molecule has 26 heavy (non-hydrogen) atoms. The highest BCUT2D eigenvalue weighted by atomic mass is 35.5. The fourth-order valence-electron chi connectivity index (χ4n) is 2.10. The van der Waals surface area contributed by atoms with Gasteiger partial charge in [-0.25, -0.2) is 5.43 Å². The second-order valence-corrected chi connectivity index (χ2v) is 5.79. The molecule has 0 aromatic heterocycles. The maximum atomic E-state index is 11.8. The molecule has 0 saturated carbocycles. The van der Waals surface area contributed by atoms with Crippen molar-refractivity contribution in [1.29, 1.82) is 0 Å². The number of halogens is 1. The second kappa shape index (κ2) is 10.2. The summed E-state index contributed by atoms with van der Waals surface area (Å²) in [7, 11) is 0. The molecular weight excluding hydrogens is 354 g/mol. The topological polar surface area (TPSA) is 79.8 Å². The number of rotatable bonds is 8. The van der Waals surface area contributed by atoms with Crippen LogP contribution in [0.3, 0.4) is 0 Å². The Labute approximate surface area is 157 Å². The molecule has 0 unspecified atom stereocenters. The SMILES string of the molecule is CCOc1cccc(C=NNC(=O)CCC(=O)Nc2cccc(Cl)c2)c1. The van der Waals surface area contributed by atoms with E-state index in [0.29, 0.717) is 17.3 Å². The van der Waals surface area contributed by atoms with Crippen LogP contribution >= 0.6 is 11.6 Å². The van der Waals surface area contributed by atoms with Crippen molar-refractivity contribution in [2.75, 3.05) is 11.9 Å². The Morgan fingerprint density at radius 1 is 1.12 bits per heavy atom. The Bertz CT molecular complexity index is 793. The van der Waals surface area contributed by atoms with Crippen LogP contribution in [0.2, 0.25) is 5.02 Å². The third kappa shape index (κ3) is 6.94. The van der Waals surface area contributed by atoms with Gasteiger partial charge in [-0.15, -0.1) is 0 Å². The normalized spacial score (nSPS) is 10.5. The molecular formula is C19H20ClN3O3. The molecule has 0 aliphatic heterocycles. The lowest BCUT2D eigenvalue weighted by molar-refractivity contribution is -0.124. The van der Waals surface area contributed by atoms with E-state index in [4.69, 9.17) is 16.3 Å². The lowest BCUT2D eigenvalue weighted by Gasteiger charge is -2.05.